The molecule has 0 saturated carbocycles. The van der Waals surface area contributed by atoms with Gasteiger partial charge in [-0.3, -0.25) is 9.69 Å². The molecule has 0 aromatic heterocycles. The number of aryl methyl sites for hydroxylation is 1. The second kappa shape index (κ2) is 6.64. The first kappa shape index (κ1) is 15.4. The van der Waals surface area contributed by atoms with Crippen LogP contribution in [0.4, 0.5) is 5.69 Å². The first-order chi connectivity index (χ1) is 10.0. The van der Waals surface area contributed by atoms with Crippen molar-refractivity contribution in [3.8, 4) is 5.75 Å². The normalized spacial score (nSPS) is 11.8. The van der Waals surface area contributed by atoms with Crippen LogP contribution in [0.3, 0.4) is 0 Å². The molecule has 1 amide bonds. The number of carbonyl (C=O) groups is 1. The number of alkyl halides is 1. The lowest BCUT2D eigenvalue weighted by Crippen LogP contribution is -2.30. The first-order valence-electron chi connectivity index (χ1n) is 6.68. The molecule has 1 unspecified atom stereocenters. The lowest BCUT2D eigenvalue weighted by atomic mass is 10.1. The maximum absolute atomic E-state index is 12.1. The molecule has 2 aromatic rings. The molecule has 0 bridgehead atoms. The molecule has 4 heteroatoms. The van der Waals surface area contributed by atoms with E-state index in [1.165, 1.54) is 6.92 Å². The van der Waals surface area contributed by atoms with Gasteiger partial charge < -0.3 is 4.74 Å². The highest BCUT2D eigenvalue weighted by molar-refractivity contribution is 6.24. The maximum atomic E-state index is 12.1. The van der Waals surface area contributed by atoms with Gasteiger partial charge in [0.15, 0.2) is 0 Å². The predicted octanol–water partition coefficient (Wildman–Crippen LogP) is 4.29. The molecule has 0 radical (unpaired) electrons. The summed E-state index contributed by atoms with van der Waals surface area (Å²) in [6.07, 6.45) is 0. The van der Waals surface area contributed by atoms with Gasteiger partial charge in [-0.1, -0.05) is 48.0 Å². The fourth-order valence-electron chi connectivity index (χ4n) is 2.20. The highest BCUT2D eigenvalue weighted by Gasteiger charge is 2.25. The molecule has 0 N–H and O–H groups in total. The number of methoxy groups -OCH3 is 1. The van der Waals surface area contributed by atoms with Crippen LogP contribution >= 0.6 is 11.6 Å². The van der Waals surface area contributed by atoms with Crippen LogP contribution in [0.25, 0.3) is 0 Å². The van der Waals surface area contributed by atoms with Crippen LogP contribution in [0.2, 0.25) is 0 Å². The van der Waals surface area contributed by atoms with Crippen molar-refractivity contribution in [2.24, 2.45) is 0 Å². The van der Waals surface area contributed by atoms with Crippen LogP contribution < -0.4 is 9.64 Å². The molecule has 2 rings (SSSR count). The van der Waals surface area contributed by atoms with E-state index in [-0.39, 0.29) is 5.91 Å². The average molecular weight is 304 g/mol. The summed E-state index contributed by atoms with van der Waals surface area (Å²) in [6, 6.07) is 15.2. The Bertz CT molecular complexity index is 628. The van der Waals surface area contributed by atoms with Crippen LogP contribution in [-0.2, 0) is 4.79 Å². The zero-order chi connectivity index (χ0) is 15.4. The van der Waals surface area contributed by atoms with Crippen molar-refractivity contribution < 1.29 is 9.53 Å². The molecule has 0 spiro atoms. The van der Waals surface area contributed by atoms with E-state index in [0.717, 1.165) is 11.1 Å². The fourth-order valence-corrected chi connectivity index (χ4v) is 2.59. The van der Waals surface area contributed by atoms with Crippen LogP contribution in [0.5, 0.6) is 5.75 Å². The molecule has 0 fully saturated rings. The Morgan fingerprint density at radius 2 is 1.86 bits per heavy atom. The van der Waals surface area contributed by atoms with Crippen LogP contribution in [0.1, 0.15) is 23.6 Å². The van der Waals surface area contributed by atoms with Crippen molar-refractivity contribution in [2.45, 2.75) is 19.3 Å². The SMILES string of the molecule is COc1ccc(C)cc1N(C(C)=O)C(Cl)c1ccccc1. The van der Waals surface area contributed by atoms with E-state index in [9.17, 15) is 4.79 Å². The summed E-state index contributed by atoms with van der Waals surface area (Å²) in [5.41, 5.74) is 1.99. The van der Waals surface area contributed by atoms with Crippen molar-refractivity contribution in [2.75, 3.05) is 12.0 Å². The van der Waals surface area contributed by atoms with E-state index in [4.69, 9.17) is 16.3 Å². The molecule has 21 heavy (non-hydrogen) atoms. The van der Waals surface area contributed by atoms with Crippen molar-refractivity contribution >= 4 is 23.2 Å². The van der Waals surface area contributed by atoms with Gasteiger partial charge in [0.1, 0.15) is 11.3 Å². The first-order valence-corrected chi connectivity index (χ1v) is 7.11. The smallest absolute Gasteiger partial charge is 0.225 e. The molecule has 0 aliphatic rings. The number of carbonyl (C=O) groups excluding carboxylic acids is 1. The number of ether oxygens (including phenoxy) is 1. The van der Waals surface area contributed by atoms with Crippen molar-refractivity contribution in [1.82, 2.24) is 0 Å². The molecule has 0 aliphatic heterocycles. The molecular weight excluding hydrogens is 286 g/mol. The Labute approximate surface area is 130 Å². The zero-order valence-corrected chi connectivity index (χ0v) is 13.1. The van der Waals surface area contributed by atoms with E-state index >= 15 is 0 Å². The number of benzene rings is 2. The minimum Gasteiger partial charge on any atom is -0.495 e. The Hall–Kier alpha value is -2.00. The van der Waals surface area contributed by atoms with Crippen LogP contribution in [-0.4, -0.2) is 13.0 Å². The van der Waals surface area contributed by atoms with Crippen molar-refractivity contribution in [1.29, 1.82) is 0 Å². The molecule has 0 heterocycles. The number of hydrogen-bond acceptors (Lipinski definition) is 2. The van der Waals surface area contributed by atoms with Gasteiger partial charge in [0.05, 0.1) is 12.8 Å². The minimum atomic E-state index is -0.584. The van der Waals surface area contributed by atoms with E-state index in [0.29, 0.717) is 11.4 Å². The van der Waals surface area contributed by atoms with Crippen molar-refractivity contribution in [3.63, 3.8) is 0 Å². The second-order valence-corrected chi connectivity index (χ2v) is 5.22. The fraction of sp³-hybridized carbons (Fsp3) is 0.235. The lowest BCUT2D eigenvalue weighted by molar-refractivity contribution is -0.116. The quantitative estimate of drug-likeness (QED) is 0.623. The molecule has 110 valence electrons. The standard InChI is InChI=1S/C17H18ClNO2/c1-12-9-10-16(21-3)15(11-12)19(13(2)20)17(18)14-7-5-4-6-8-14/h4-11,17H,1-3H3. The summed E-state index contributed by atoms with van der Waals surface area (Å²) >= 11 is 6.53. The van der Waals surface area contributed by atoms with Crippen LogP contribution in [0, 0.1) is 6.92 Å². The predicted molar refractivity (Wildman–Crippen MR) is 85.9 cm³/mol. The van der Waals surface area contributed by atoms with E-state index < -0.39 is 5.50 Å². The largest absolute Gasteiger partial charge is 0.495 e. The number of rotatable bonds is 4. The number of nitrogens with zero attached hydrogens (tertiary/aromatic N) is 1. The van der Waals surface area contributed by atoms with Gasteiger partial charge in [-0.05, 0) is 30.2 Å². The average Bonchev–Trinajstić information content (AvgIpc) is 2.48. The minimum absolute atomic E-state index is 0.136. The molecular formula is C17H18ClNO2. The zero-order valence-electron chi connectivity index (χ0n) is 12.3. The van der Waals surface area contributed by atoms with E-state index in [2.05, 4.69) is 0 Å². The molecule has 0 saturated heterocycles. The van der Waals surface area contributed by atoms with E-state index in [1.807, 2.05) is 55.5 Å². The number of halogens is 1. The topological polar surface area (TPSA) is 29.5 Å². The number of amides is 1. The molecule has 2 aromatic carbocycles. The van der Waals surface area contributed by atoms with Gasteiger partial charge in [0, 0.05) is 6.92 Å². The summed E-state index contributed by atoms with van der Waals surface area (Å²) in [5, 5.41) is 0. The Balaban J connectivity index is 2.49. The molecule has 1 atom stereocenters. The summed E-state index contributed by atoms with van der Waals surface area (Å²) in [6.45, 7) is 3.47. The molecule has 0 aliphatic carbocycles. The summed E-state index contributed by atoms with van der Waals surface area (Å²) < 4.78 is 5.36. The van der Waals surface area contributed by atoms with Gasteiger partial charge in [-0.25, -0.2) is 0 Å². The third kappa shape index (κ3) is 3.37. The lowest BCUT2D eigenvalue weighted by Gasteiger charge is -2.28. The van der Waals surface area contributed by atoms with Gasteiger partial charge in [0.25, 0.3) is 0 Å². The number of anilines is 1. The Kier molecular flexibility index (Phi) is 4.86. The third-order valence-corrected chi connectivity index (χ3v) is 3.68. The van der Waals surface area contributed by atoms with Gasteiger partial charge in [0.2, 0.25) is 5.91 Å². The van der Waals surface area contributed by atoms with Crippen LogP contribution in [0.15, 0.2) is 48.5 Å². The maximum Gasteiger partial charge on any atom is 0.225 e. The van der Waals surface area contributed by atoms with Crippen molar-refractivity contribution in [3.05, 3.63) is 59.7 Å². The highest BCUT2D eigenvalue weighted by atomic mass is 35.5. The van der Waals surface area contributed by atoms with Gasteiger partial charge >= 0.3 is 0 Å². The summed E-state index contributed by atoms with van der Waals surface area (Å²) in [7, 11) is 1.58. The third-order valence-electron chi connectivity index (χ3n) is 3.23. The second-order valence-electron chi connectivity index (χ2n) is 4.81. The molecule has 3 nitrogen and oxygen atoms in total. The number of hydrogen-bond donors (Lipinski definition) is 0. The summed E-state index contributed by atoms with van der Waals surface area (Å²) in [4.78, 5) is 13.7. The Morgan fingerprint density at radius 1 is 1.19 bits per heavy atom. The van der Waals surface area contributed by atoms with Gasteiger partial charge in [-0.15, -0.1) is 0 Å². The van der Waals surface area contributed by atoms with Gasteiger partial charge in [-0.2, -0.15) is 0 Å². The van der Waals surface area contributed by atoms with E-state index in [1.54, 1.807) is 12.0 Å². The monoisotopic (exact) mass is 303 g/mol. The highest BCUT2D eigenvalue weighted by Crippen LogP contribution is 2.37. The Morgan fingerprint density at radius 3 is 2.43 bits per heavy atom. The summed E-state index contributed by atoms with van der Waals surface area (Å²) in [5.74, 6) is 0.486.